The van der Waals surface area contributed by atoms with Gasteiger partial charge in [-0.3, -0.25) is 14.4 Å². The number of hydrogen-bond acceptors (Lipinski definition) is 6. The standard InChI is InChI=1S/C67H122O6/c1-4-7-10-13-16-18-20-22-24-26-28-29-30-31-32-33-34-35-36-37-39-40-42-44-46-48-51-54-57-60-66(69)72-63-64(62-71-65(68)59-56-53-50-15-12-9-6-3)73-67(70)61-58-55-52-49-47-45-43-41-38-27-25-23-21-19-17-14-11-8-5-2/h20,22-23,25-26,28,30-31,64H,4-19,21,24,27,29,32-63H2,1-3H3/b22-20-,25-23-,28-26-,31-30-. The fourth-order valence-corrected chi connectivity index (χ4v) is 9.45. The molecule has 0 bridgehead atoms. The summed E-state index contributed by atoms with van der Waals surface area (Å²) in [5.41, 5.74) is 0. The van der Waals surface area contributed by atoms with Gasteiger partial charge in [-0.2, -0.15) is 0 Å². The molecule has 0 radical (unpaired) electrons. The van der Waals surface area contributed by atoms with Gasteiger partial charge in [0.1, 0.15) is 13.2 Å². The minimum Gasteiger partial charge on any atom is -0.462 e. The number of rotatable bonds is 59. The molecule has 0 aromatic rings. The summed E-state index contributed by atoms with van der Waals surface area (Å²) in [6.07, 6.45) is 77.2. The fourth-order valence-electron chi connectivity index (χ4n) is 9.45. The Morgan fingerprint density at radius 1 is 0.274 bits per heavy atom. The molecule has 0 aromatic carbocycles. The van der Waals surface area contributed by atoms with Crippen LogP contribution in [-0.2, 0) is 28.6 Å². The van der Waals surface area contributed by atoms with Crippen molar-refractivity contribution < 1.29 is 28.6 Å². The van der Waals surface area contributed by atoms with Crippen molar-refractivity contribution in [2.24, 2.45) is 0 Å². The largest absolute Gasteiger partial charge is 0.462 e. The van der Waals surface area contributed by atoms with E-state index in [1.165, 1.54) is 231 Å². The molecule has 0 fully saturated rings. The second kappa shape index (κ2) is 61.9. The first-order valence-electron chi connectivity index (χ1n) is 32.1. The van der Waals surface area contributed by atoms with Crippen LogP contribution in [0.4, 0.5) is 0 Å². The van der Waals surface area contributed by atoms with Crippen LogP contribution in [0.25, 0.3) is 0 Å². The van der Waals surface area contributed by atoms with Gasteiger partial charge in [0.25, 0.3) is 0 Å². The molecule has 0 saturated carbocycles. The van der Waals surface area contributed by atoms with Crippen LogP contribution >= 0.6 is 0 Å². The van der Waals surface area contributed by atoms with Gasteiger partial charge in [-0.25, -0.2) is 0 Å². The molecule has 6 nitrogen and oxygen atoms in total. The Labute approximate surface area is 454 Å². The molecule has 6 heteroatoms. The van der Waals surface area contributed by atoms with E-state index < -0.39 is 6.10 Å². The van der Waals surface area contributed by atoms with Crippen LogP contribution in [0.1, 0.15) is 342 Å². The topological polar surface area (TPSA) is 78.9 Å². The van der Waals surface area contributed by atoms with Crippen LogP contribution in [0.5, 0.6) is 0 Å². The summed E-state index contributed by atoms with van der Waals surface area (Å²) in [5.74, 6) is -0.863. The molecule has 426 valence electrons. The molecular formula is C67H122O6. The first-order chi connectivity index (χ1) is 36.0. The molecule has 1 unspecified atom stereocenters. The summed E-state index contributed by atoms with van der Waals surface area (Å²) < 4.78 is 16.8. The van der Waals surface area contributed by atoms with Crippen molar-refractivity contribution in [3.05, 3.63) is 48.6 Å². The zero-order valence-corrected chi connectivity index (χ0v) is 48.9. The number of esters is 3. The summed E-state index contributed by atoms with van der Waals surface area (Å²) in [6.45, 7) is 6.62. The lowest BCUT2D eigenvalue weighted by atomic mass is 10.0. The van der Waals surface area contributed by atoms with Crippen molar-refractivity contribution in [1.82, 2.24) is 0 Å². The number of carbonyl (C=O) groups excluding carboxylic acids is 3. The Balaban J connectivity index is 4.07. The van der Waals surface area contributed by atoms with Crippen LogP contribution in [0.3, 0.4) is 0 Å². The summed E-state index contributed by atoms with van der Waals surface area (Å²) in [5, 5.41) is 0. The predicted octanol–water partition coefficient (Wildman–Crippen LogP) is 21.8. The van der Waals surface area contributed by atoms with Gasteiger partial charge in [-0.1, -0.05) is 288 Å². The average Bonchev–Trinajstić information content (AvgIpc) is 3.39. The minimum absolute atomic E-state index is 0.0708. The Morgan fingerprint density at radius 3 is 0.781 bits per heavy atom. The van der Waals surface area contributed by atoms with Gasteiger partial charge >= 0.3 is 17.9 Å². The maximum atomic E-state index is 12.8. The molecule has 0 amide bonds. The third kappa shape index (κ3) is 60.1. The van der Waals surface area contributed by atoms with Gasteiger partial charge < -0.3 is 14.2 Å². The van der Waals surface area contributed by atoms with Gasteiger partial charge in [-0.05, 0) is 83.5 Å². The average molecular weight is 1020 g/mol. The lowest BCUT2D eigenvalue weighted by molar-refractivity contribution is -0.167. The Kier molecular flexibility index (Phi) is 59.7. The van der Waals surface area contributed by atoms with Crippen molar-refractivity contribution in [3.63, 3.8) is 0 Å². The van der Waals surface area contributed by atoms with Crippen LogP contribution in [-0.4, -0.2) is 37.2 Å². The zero-order chi connectivity index (χ0) is 52.9. The Morgan fingerprint density at radius 2 is 0.493 bits per heavy atom. The van der Waals surface area contributed by atoms with E-state index in [0.29, 0.717) is 19.3 Å². The van der Waals surface area contributed by atoms with E-state index in [0.717, 1.165) is 70.6 Å². The zero-order valence-electron chi connectivity index (χ0n) is 48.9. The first-order valence-corrected chi connectivity index (χ1v) is 32.1. The quantitative estimate of drug-likeness (QED) is 0.0261. The number of hydrogen-bond donors (Lipinski definition) is 0. The lowest BCUT2D eigenvalue weighted by Crippen LogP contribution is -2.30. The highest BCUT2D eigenvalue weighted by molar-refractivity contribution is 5.71. The maximum absolute atomic E-state index is 12.8. The van der Waals surface area contributed by atoms with Gasteiger partial charge in [0.2, 0.25) is 0 Å². The van der Waals surface area contributed by atoms with E-state index in [1.54, 1.807) is 0 Å². The fraction of sp³-hybridized carbons (Fsp3) is 0.836. The maximum Gasteiger partial charge on any atom is 0.306 e. The first kappa shape index (κ1) is 70.4. The van der Waals surface area contributed by atoms with Gasteiger partial charge in [-0.15, -0.1) is 0 Å². The lowest BCUT2D eigenvalue weighted by Gasteiger charge is -2.18. The van der Waals surface area contributed by atoms with Crippen molar-refractivity contribution in [2.45, 2.75) is 348 Å². The molecule has 0 aromatic heterocycles. The molecule has 0 saturated heterocycles. The molecule has 0 N–H and O–H groups in total. The molecule has 0 aliphatic carbocycles. The Hall–Kier alpha value is -2.63. The second-order valence-corrected chi connectivity index (χ2v) is 21.7. The van der Waals surface area contributed by atoms with E-state index in [9.17, 15) is 14.4 Å². The molecule has 0 rings (SSSR count). The van der Waals surface area contributed by atoms with Gasteiger partial charge in [0.15, 0.2) is 6.10 Å². The Bertz CT molecular complexity index is 1270. The number of carbonyl (C=O) groups is 3. The number of allylic oxidation sites excluding steroid dienone is 8. The van der Waals surface area contributed by atoms with Crippen LogP contribution in [0, 0.1) is 0 Å². The molecule has 0 spiro atoms. The molecule has 0 heterocycles. The van der Waals surface area contributed by atoms with E-state index in [2.05, 4.69) is 69.4 Å². The SMILES string of the molecule is CCCCCCC/C=C\C/C=C\C/C=C\CCCCCCCCCCCCCCCCC(=O)OCC(COC(=O)CCCCCCCCC)OC(=O)CCCCCCCCCCC/C=C\CCCCCCCC. The smallest absolute Gasteiger partial charge is 0.306 e. The molecular weight excluding hydrogens is 901 g/mol. The van der Waals surface area contributed by atoms with Crippen molar-refractivity contribution in [3.8, 4) is 0 Å². The van der Waals surface area contributed by atoms with Gasteiger partial charge in [0, 0.05) is 19.3 Å². The van der Waals surface area contributed by atoms with Crippen molar-refractivity contribution in [1.29, 1.82) is 0 Å². The van der Waals surface area contributed by atoms with E-state index in [-0.39, 0.29) is 31.1 Å². The third-order valence-electron chi connectivity index (χ3n) is 14.3. The van der Waals surface area contributed by atoms with Crippen molar-refractivity contribution in [2.75, 3.05) is 13.2 Å². The van der Waals surface area contributed by atoms with E-state index >= 15 is 0 Å². The molecule has 1 atom stereocenters. The van der Waals surface area contributed by atoms with Gasteiger partial charge in [0.05, 0.1) is 0 Å². The summed E-state index contributed by atoms with van der Waals surface area (Å²) in [7, 11) is 0. The summed E-state index contributed by atoms with van der Waals surface area (Å²) >= 11 is 0. The van der Waals surface area contributed by atoms with Crippen LogP contribution in [0.2, 0.25) is 0 Å². The number of ether oxygens (including phenoxy) is 3. The number of unbranched alkanes of at least 4 members (excludes halogenated alkanes) is 40. The van der Waals surface area contributed by atoms with E-state index in [1.807, 2.05) is 0 Å². The highest BCUT2D eigenvalue weighted by atomic mass is 16.6. The second-order valence-electron chi connectivity index (χ2n) is 21.7. The van der Waals surface area contributed by atoms with E-state index in [4.69, 9.17) is 14.2 Å². The predicted molar refractivity (Wildman–Crippen MR) is 316 cm³/mol. The summed E-state index contributed by atoms with van der Waals surface area (Å²) in [6, 6.07) is 0. The highest BCUT2D eigenvalue weighted by Crippen LogP contribution is 2.17. The minimum atomic E-state index is -0.770. The summed E-state index contributed by atoms with van der Waals surface area (Å²) in [4.78, 5) is 38.1. The van der Waals surface area contributed by atoms with Crippen LogP contribution < -0.4 is 0 Å². The van der Waals surface area contributed by atoms with Crippen molar-refractivity contribution >= 4 is 17.9 Å². The molecule has 73 heavy (non-hydrogen) atoms. The normalized spacial score (nSPS) is 12.3. The molecule has 0 aliphatic heterocycles. The molecule has 0 aliphatic rings. The monoisotopic (exact) mass is 1020 g/mol. The third-order valence-corrected chi connectivity index (χ3v) is 14.3. The van der Waals surface area contributed by atoms with Crippen LogP contribution in [0.15, 0.2) is 48.6 Å². The highest BCUT2D eigenvalue weighted by Gasteiger charge is 2.19.